The third-order valence-electron chi connectivity index (χ3n) is 3.77. The maximum absolute atomic E-state index is 12.5. The molecule has 0 spiro atoms. The molecule has 2 amide bonds. The lowest BCUT2D eigenvalue weighted by Gasteiger charge is -2.19. The highest BCUT2D eigenvalue weighted by molar-refractivity contribution is 7.15. The van der Waals surface area contributed by atoms with Crippen LogP contribution in [0.4, 0.5) is 15.6 Å². The molecule has 2 N–H and O–H groups in total. The fourth-order valence-corrected chi connectivity index (χ4v) is 3.42. The lowest BCUT2D eigenvalue weighted by molar-refractivity contribution is 0.0635. The average molecular weight is 391 g/mol. The van der Waals surface area contributed by atoms with Crippen molar-refractivity contribution in [3.05, 3.63) is 34.8 Å². The number of anilines is 2. The Morgan fingerprint density at radius 3 is 2.48 bits per heavy atom. The number of rotatable bonds is 6. The third-order valence-corrected chi connectivity index (χ3v) is 4.77. The first kappa shape index (κ1) is 20.8. The molecule has 1 aromatic heterocycles. The summed E-state index contributed by atoms with van der Waals surface area (Å²) >= 11 is 1.39. The Hall–Kier alpha value is -2.48. The second-order valence-electron chi connectivity index (χ2n) is 7.12. The summed E-state index contributed by atoms with van der Waals surface area (Å²) in [7, 11) is 0. The van der Waals surface area contributed by atoms with Crippen LogP contribution in [-0.2, 0) is 4.74 Å². The van der Waals surface area contributed by atoms with Gasteiger partial charge in [-0.1, -0.05) is 31.3 Å². The van der Waals surface area contributed by atoms with E-state index < -0.39 is 11.7 Å². The first-order valence-electron chi connectivity index (χ1n) is 8.96. The van der Waals surface area contributed by atoms with Crippen LogP contribution in [0.5, 0.6) is 0 Å². The van der Waals surface area contributed by atoms with Gasteiger partial charge in [0.05, 0.1) is 0 Å². The number of carbonyl (C=O) groups is 2. The normalized spacial score (nSPS) is 11.3. The fourth-order valence-electron chi connectivity index (χ4n) is 2.42. The molecule has 1 aromatic carbocycles. The van der Waals surface area contributed by atoms with Gasteiger partial charge in [-0.15, -0.1) is 10.2 Å². The van der Waals surface area contributed by atoms with E-state index in [9.17, 15) is 9.59 Å². The Balaban J connectivity index is 2.04. The van der Waals surface area contributed by atoms with Crippen LogP contribution in [0.15, 0.2) is 24.3 Å². The van der Waals surface area contributed by atoms with Gasteiger partial charge in [-0.05, 0) is 51.8 Å². The predicted molar refractivity (Wildman–Crippen MR) is 107 cm³/mol. The smallest absolute Gasteiger partial charge is 0.412 e. The van der Waals surface area contributed by atoms with Gasteiger partial charge in [0.1, 0.15) is 10.6 Å². The first-order valence-corrected chi connectivity index (χ1v) is 9.78. The Morgan fingerprint density at radius 1 is 1.15 bits per heavy atom. The van der Waals surface area contributed by atoms with Crippen molar-refractivity contribution in [2.45, 2.75) is 59.0 Å². The minimum absolute atomic E-state index is 0.310. The molecule has 146 valence electrons. The highest BCUT2D eigenvalue weighted by Crippen LogP contribution is 2.28. The zero-order chi connectivity index (χ0) is 20.0. The van der Waals surface area contributed by atoms with Gasteiger partial charge in [0.15, 0.2) is 0 Å². The predicted octanol–water partition coefficient (Wildman–Crippen LogP) is 5.04. The number of hydrogen-bond donors (Lipinski definition) is 2. The molecule has 2 aromatic rings. The number of benzene rings is 1. The molecule has 0 fully saturated rings. The SMILES string of the molecule is CCC(CC)c1nnc(NC(=O)c2cccc(NC(=O)OC(C)(C)C)c2)s1. The summed E-state index contributed by atoms with van der Waals surface area (Å²) in [5.74, 6) is 0.0459. The molecule has 27 heavy (non-hydrogen) atoms. The maximum Gasteiger partial charge on any atom is 0.412 e. The lowest BCUT2D eigenvalue weighted by Crippen LogP contribution is -2.27. The van der Waals surface area contributed by atoms with E-state index in [0.717, 1.165) is 17.8 Å². The number of aromatic nitrogens is 2. The molecule has 0 unspecified atom stereocenters. The van der Waals surface area contributed by atoms with Crippen molar-refractivity contribution in [1.82, 2.24) is 10.2 Å². The van der Waals surface area contributed by atoms with Crippen LogP contribution in [0.3, 0.4) is 0 Å². The van der Waals surface area contributed by atoms with Gasteiger partial charge in [-0.3, -0.25) is 15.4 Å². The molecule has 0 aliphatic rings. The largest absolute Gasteiger partial charge is 0.444 e. The van der Waals surface area contributed by atoms with E-state index in [1.807, 2.05) is 0 Å². The zero-order valence-electron chi connectivity index (χ0n) is 16.3. The van der Waals surface area contributed by atoms with Gasteiger partial charge in [0.25, 0.3) is 5.91 Å². The summed E-state index contributed by atoms with van der Waals surface area (Å²) in [5, 5.41) is 15.0. The van der Waals surface area contributed by atoms with E-state index in [1.54, 1.807) is 45.0 Å². The molecule has 7 nitrogen and oxygen atoms in total. The molecule has 0 aliphatic heterocycles. The lowest BCUT2D eigenvalue weighted by atomic mass is 10.1. The molecule has 2 rings (SSSR count). The molecule has 8 heteroatoms. The minimum Gasteiger partial charge on any atom is -0.444 e. The molecular formula is C19H26N4O3S. The van der Waals surface area contributed by atoms with Gasteiger partial charge < -0.3 is 4.74 Å². The molecule has 0 saturated carbocycles. The standard InChI is InChI=1S/C19H26N4O3S/c1-6-12(7-2)16-22-23-17(27-16)21-15(24)13-9-8-10-14(11-13)20-18(25)26-19(3,4)5/h8-12H,6-7H2,1-5H3,(H,20,25)(H,21,23,24). The zero-order valence-corrected chi connectivity index (χ0v) is 17.1. The second-order valence-corrected chi connectivity index (χ2v) is 8.13. The highest BCUT2D eigenvalue weighted by Gasteiger charge is 2.18. The topological polar surface area (TPSA) is 93.2 Å². The van der Waals surface area contributed by atoms with Crippen LogP contribution in [0, 0.1) is 0 Å². The number of hydrogen-bond acceptors (Lipinski definition) is 6. The molecule has 0 radical (unpaired) electrons. The van der Waals surface area contributed by atoms with E-state index in [4.69, 9.17) is 4.74 Å². The Kier molecular flexibility index (Phi) is 6.90. The van der Waals surface area contributed by atoms with Crippen LogP contribution >= 0.6 is 11.3 Å². The van der Waals surface area contributed by atoms with Crippen molar-refractivity contribution < 1.29 is 14.3 Å². The van der Waals surface area contributed by atoms with Crippen LogP contribution in [0.2, 0.25) is 0 Å². The molecular weight excluding hydrogens is 364 g/mol. The van der Waals surface area contributed by atoms with Crippen molar-refractivity contribution in [3.63, 3.8) is 0 Å². The van der Waals surface area contributed by atoms with E-state index in [0.29, 0.717) is 22.3 Å². The van der Waals surface area contributed by atoms with Gasteiger partial charge in [-0.25, -0.2) is 4.79 Å². The molecule has 0 aliphatic carbocycles. The number of nitrogens with zero attached hydrogens (tertiary/aromatic N) is 2. The Labute approximate surface area is 163 Å². The fraction of sp³-hybridized carbons (Fsp3) is 0.474. The van der Waals surface area contributed by atoms with Gasteiger partial charge >= 0.3 is 6.09 Å². The number of ether oxygens (including phenoxy) is 1. The Morgan fingerprint density at radius 2 is 1.85 bits per heavy atom. The summed E-state index contributed by atoms with van der Waals surface area (Å²) in [6, 6.07) is 6.63. The van der Waals surface area contributed by atoms with Crippen molar-refractivity contribution in [2.75, 3.05) is 10.6 Å². The maximum atomic E-state index is 12.5. The summed E-state index contributed by atoms with van der Waals surface area (Å²) < 4.78 is 5.22. The van der Waals surface area contributed by atoms with Gasteiger partial charge in [0.2, 0.25) is 5.13 Å². The van der Waals surface area contributed by atoms with Gasteiger partial charge in [-0.2, -0.15) is 0 Å². The molecule has 0 bridgehead atoms. The van der Waals surface area contributed by atoms with Crippen molar-refractivity contribution in [3.8, 4) is 0 Å². The monoisotopic (exact) mass is 390 g/mol. The number of nitrogens with one attached hydrogen (secondary N) is 2. The average Bonchev–Trinajstić information content (AvgIpc) is 3.02. The first-order chi connectivity index (χ1) is 12.7. The van der Waals surface area contributed by atoms with E-state index >= 15 is 0 Å². The third kappa shape index (κ3) is 6.32. The summed E-state index contributed by atoms with van der Waals surface area (Å²) in [6.07, 6.45) is 1.40. The molecule has 1 heterocycles. The van der Waals surface area contributed by atoms with Crippen molar-refractivity contribution in [1.29, 1.82) is 0 Å². The quantitative estimate of drug-likeness (QED) is 0.720. The molecule has 0 saturated heterocycles. The number of carbonyl (C=O) groups excluding carboxylic acids is 2. The van der Waals surface area contributed by atoms with Gasteiger partial charge in [0, 0.05) is 17.2 Å². The summed E-state index contributed by atoms with van der Waals surface area (Å²) in [4.78, 5) is 24.4. The highest BCUT2D eigenvalue weighted by atomic mass is 32.1. The van der Waals surface area contributed by atoms with E-state index in [1.165, 1.54) is 11.3 Å². The van der Waals surface area contributed by atoms with Crippen molar-refractivity contribution >= 4 is 34.2 Å². The van der Waals surface area contributed by atoms with Crippen LogP contribution in [0.25, 0.3) is 0 Å². The van der Waals surface area contributed by atoms with Crippen LogP contribution < -0.4 is 10.6 Å². The van der Waals surface area contributed by atoms with Crippen LogP contribution in [-0.4, -0.2) is 27.8 Å². The van der Waals surface area contributed by atoms with Crippen molar-refractivity contribution in [2.24, 2.45) is 0 Å². The number of amides is 2. The minimum atomic E-state index is -0.594. The second kappa shape index (κ2) is 8.94. The van der Waals surface area contributed by atoms with E-state index in [-0.39, 0.29) is 5.91 Å². The Bertz CT molecular complexity index is 794. The molecule has 0 atom stereocenters. The van der Waals surface area contributed by atoms with E-state index in [2.05, 4.69) is 34.7 Å². The van der Waals surface area contributed by atoms with Crippen LogP contribution in [0.1, 0.15) is 68.7 Å². The summed E-state index contributed by atoms with van der Waals surface area (Å²) in [5.41, 5.74) is 0.290. The summed E-state index contributed by atoms with van der Waals surface area (Å²) in [6.45, 7) is 9.57.